The molecule has 0 unspecified atom stereocenters. The van der Waals surface area contributed by atoms with Crippen LogP contribution in [-0.2, 0) is 6.54 Å². The minimum atomic E-state index is 0.560. The first-order valence-corrected chi connectivity index (χ1v) is 5.82. The Kier molecular flexibility index (Phi) is 2.74. The molecule has 3 aromatic rings. The SMILES string of the molecule is NCCn1cc(-c2ccc3ncccc3c2)nn1. The fraction of sp³-hybridized carbons (Fsp3) is 0.154. The lowest BCUT2D eigenvalue weighted by Crippen LogP contribution is -2.10. The maximum atomic E-state index is 5.49. The van der Waals surface area contributed by atoms with Crippen molar-refractivity contribution in [3.63, 3.8) is 0 Å². The molecular weight excluding hydrogens is 226 g/mol. The van der Waals surface area contributed by atoms with Crippen molar-refractivity contribution in [3.8, 4) is 11.3 Å². The van der Waals surface area contributed by atoms with Crippen LogP contribution in [-0.4, -0.2) is 26.5 Å². The fourth-order valence-corrected chi connectivity index (χ4v) is 1.91. The molecule has 1 aromatic carbocycles. The van der Waals surface area contributed by atoms with E-state index in [9.17, 15) is 0 Å². The van der Waals surface area contributed by atoms with Gasteiger partial charge in [-0.05, 0) is 18.2 Å². The Labute approximate surface area is 104 Å². The molecule has 0 saturated carbocycles. The van der Waals surface area contributed by atoms with Crippen molar-refractivity contribution in [2.75, 3.05) is 6.54 Å². The Balaban J connectivity index is 2.02. The van der Waals surface area contributed by atoms with Crippen LogP contribution in [0.15, 0.2) is 42.7 Å². The van der Waals surface area contributed by atoms with E-state index >= 15 is 0 Å². The van der Waals surface area contributed by atoms with Crippen molar-refractivity contribution < 1.29 is 0 Å². The molecule has 0 bridgehead atoms. The lowest BCUT2D eigenvalue weighted by molar-refractivity contribution is 0.598. The van der Waals surface area contributed by atoms with Gasteiger partial charge in [-0.2, -0.15) is 0 Å². The summed E-state index contributed by atoms with van der Waals surface area (Å²) in [5.41, 5.74) is 8.36. The summed E-state index contributed by atoms with van der Waals surface area (Å²) in [5.74, 6) is 0. The normalized spacial score (nSPS) is 10.9. The summed E-state index contributed by atoms with van der Waals surface area (Å²) in [6, 6.07) is 10.0. The predicted molar refractivity (Wildman–Crippen MR) is 69.8 cm³/mol. The Bertz CT molecular complexity index is 674. The molecule has 0 aliphatic heterocycles. The van der Waals surface area contributed by atoms with Crippen molar-refractivity contribution in [3.05, 3.63) is 42.7 Å². The van der Waals surface area contributed by atoms with Crippen LogP contribution in [0.2, 0.25) is 0 Å². The molecule has 0 amide bonds. The molecule has 0 aliphatic carbocycles. The van der Waals surface area contributed by atoms with Gasteiger partial charge < -0.3 is 5.73 Å². The van der Waals surface area contributed by atoms with Crippen molar-refractivity contribution in [1.29, 1.82) is 0 Å². The van der Waals surface area contributed by atoms with Crippen molar-refractivity contribution in [1.82, 2.24) is 20.0 Å². The summed E-state index contributed by atoms with van der Waals surface area (Å²) in [5, 5.41) is 9.28. The molecule has 2 N–H and O–H groups in total. The Morgan fingerprint density at radius 3 is 3.06 bits per heavy atom. The van der Waals surface area contributed by atoms with Gasteiger partial charge >= 0.3 is 0 Å². The average Bonchev–Trinajstić information content (AvgIpc) is 2.87. The quantitative estimate of drug-likeness (QED) is 0.751. The van der Waals surface area contributed by atoms with E-state index in [0.717, 1.165) is 22.2 Å². The van der Waals surface area contributed by atoms with Gasteiger partial charge in [-0.15, -0.1) is 5.10 Å². The first kappa shape index (κ1) is 10.9. The standard InChI is InChI=1S/C13H13N5/c14-5-7-18-9-13(16-17-18)11-3-4-12-10(8-11)2-1-6-15-12/h1-4,6,8-9H,5,7,14H2. The van der Waals surface area contributed by atoms with E-state index in [0.29, 0.717) is 13.1 Å². The van der Waals surface area contributed by atoms with Gasteiger partial charge in [0.25, 0.3) is 0 Å². The van der Waals surface area contributed by atoms with Crippen LogP contribution in [0.3, 0.4) is 0 Å². The molecule has 0 aliphatic rings. The fourth-order valence-electron chi connectivity index (χ4n) is 1.91. The van der Waals surface area contributed by atoms with Crippen LogP contribution in [0.1, 0.15) is 0 Å². The summed E-state index contributed by atoms with van der Waals surface area (Å²) in [4.78, 5) is 4.29. The van der Waals surface area contributed by atoms with E-state index in [4.69, 9.17) is 5.73 Å². The zero-order valence-electron chi connectivity index (χ0n) is 9.82. The monoisotopic (exact) mass is 239 g/mol. The molecule has 0 fully saturated rings. The molecule has 0 saturated heterocycles. The molecule has 0 atom stereocenters. The van der Waals surface area contributed by atoms with Gasteiger partial charge in [0.05, 0.1) is 18.3 Å². The molecule has 18 heavy (non-hydrogen) atoms. The highest BCUT2D eigenvalue weighted by Gasteiger charge is 2.04. The number of benzene rings is 1. The smallest absolute Gasteiger partial charge is 0.113 e. The highest BCUT2D eigenvalue weighted by molar-refractivity contribution is 5.83. The largest absolute Gasteiger partial charge is 0.329 e. The van der Waals surface area contributed by atoms with Gasteiger partial charge in [0.2, 0.25) is 0 Å². The second-order valence-corrected chi connectivity index (χ2v) is 4.07. The zero-order valence-corrected chi connectivity index (χ0v) is 9.82. The first-order valence-electron chi connectivity index (χ1n) is 5.82. The summed E-state index contributed by atoms with van der Waals surface area (Å²) in [6.07, 6.45) is 3.70. The number of hydrogen-bond donors (Lipinski definition) is 1. The molecule has 2 aromatic heterocycles. The van der Waals surface area contributed by atoms with Crippen LogP contribution in [0.5, 0.6) is 0 Å². The van der Waals surface area contributed by atoms with Gasteiger partial charge in [0.15, 0.2) is 0 Å². The van der Waals surface area contributed by atoms with Gasteiger partial charge in [-0.3, -0.25) is 9.67 Å². The molecule has 2 heterocycles. The molecule has 0 radical (unpaired) electrons. The van der Waals surface area contributed by atoms with E-state index in [-0.39, 0.29) is 0 Å². The van der Waals surface area contributed by atoms with E-state index < -0.39 is 0 Å². The van der Waals surface area contributed by atoms with E-state index in [1.54, 1.807) is 10.9 Å². The Morgan fingerprint density at radius 1 is 1.22 bits per heavy atom. The minimum absolute atomic E-state index is 0.560. The number of rotatable bonds is 3. The summed E-state index contributed by atoms with van der Waals surface area (Å²) < 4.78 is 1.75. The maximum absolute atomic E-state index is 5.49. The lowest BCUT2D eigenvalue weighted by Gasteiger charge is -1.99. The third-order valence-corrected chi connectivity index (χ3v) is 2.80. The number of aromatic nitrogens is 4. The first-order chi connectivity index (χ1) is 8.86. The molecule has 90 valence electrons. The number of hydrogen-bond acceptors (Lipinski definition) is 4. The summed E-state index contributed by atoms with van der Waals surface area (Å²) >= 11 is 0. The molecular formula is C13H13N5. The lowest BCUT2D eigenvalue weighted by atomic mass is 10.1. The second kappa shape index (κ2) is 4.54. The zero-order chi connectivity index (χ0) is 12.4. The number of nitrogens with two attached hydrogens (primary N) is 1. The van der Waals surface area contributed by atoms with Crippen LogP contribution in [0, 0.1) is 0 Å². The van der Waals surface area contributed by atoms with Crippen LogP contribution in [0.25, 0.3) is 22.2 Å². The highest BCUT2D eigenvalue weighted by Crippen LogP contribution is 2.21. The number of nitrogens with zero attached hydrogens (tertiary/aromatic N) is 4. The maximum Gasteiger partial charge on any atom is 0.113 e. The van der Waals surface area contributed by atoms with Crippen LogP contribution >= 0.6 is 0 Å². The van der Waals surface area contributed by atoms with Crippen molar-refractivity contribution in [2.45, 2.75) is 6.54 Å². The van der Waals surface area contributed by atoms with Gasteiger partial charge in [-0.25, -0.2) is 0 Å². The Hall–Kier alpha value is -2.27. The van der Waals surface area contributed by atoms with Crippen LogP contribution in [0.4, 0.5) is 0 Å². The number of fused-ring (bicyclic) bond motifs is 1. The van der Waals surface area contributed by atoms with E-state index in [1.807, 2.05) is 30.5 Å². The highest BCUT2D eigenvalue weighted by atomic mass is 15.4. The molecule has 0 spiro atoms. The second-order valence-electron chi connectivity index (χ2n) is 4.07. The molecule has 5 nitrogen and oxygen atoms in total. The third kappa shape index (κ3) is 1.96. The van der Waals surface area contributed by atoms with E-state index in [2.05, 4.69) is 21.4 Å². The van der Waals surface area contributed by atoms with Gasteiger partial charge in [-0.1, -0.05) is 17.3 Å². The molecule has 5 heteroatoms. The molecule has 3 rings (SSSR count). The Morgan fingerprint density at radius 2 is 2.17 bits per heavy atom. The van der Waals surface area contributed by atoms with Crippen molar-refractivity contribution in [2.24, 2.45) is 5.73 Å². The van der Waals surface area contributed by atoms with Crippen LogP contribution < -0.4 is 5.73 Å². The predicted octanol–water partition coefficient (Wildman–Crippen LogP) is 1.45. The minimum Gasteiger partial charge on any atom is -0.329 e. The van der Waals surface area contributed by atoms with E-state index in [1.165, 1.54) is 0 Å². The third-order valence-electron chi connectivity index (χ3n) is 2.80. The average molecular weight is 239 g/mol. The van der Waals surface area contributed by atoms with Gasteiger partial charge in [0.1, 0.15) is 5.69 Å². The number of pyridine rings is 1. The van der Waals surface area contributed by atoms with Crippen molar-refractivity contribution >= 4 is 10.9 Å². The topological polar surface area (TPSA) is 69.6 Å². The van der Waals surface area contributed by atoms with Gasteiger partial charge in [0, 0.05) is 23.7 Å². The summed E-state index contributed by atoms with van der Waals surface area (Å²) in [6.45, 7) is 1.24. The summed E-state index contributed by atoms with van der Waals surface area (Å²) in [7, 11) is 0.